The van der Waals surface area contributed by atoms with Crippen molar-refractivity contribution in [3.63, 3.8) is 0 Å². The van der Waals surface area contributed by atoms with Crippen LogP contribution in [-0.4, -0.2) is 35.7 Å². The van der Waals surface area contributed by atoms with Gasteiger partial charge in [0, 0.05) is 22.8 Å². The molecule has 0 aromatic heterocycles. The lowest BCUT2D eigenvalue weighted by Crippen LogP contribution is -2.48. The zero-order valence-corrected chi connectivity index (χ0v) is 24.0. The first kappa shape index (κ1) is 30.3. The van der Waals surface area contributed by atoms with Crippen molar-refractivity contribution in [2.45, 2.75) is 84.1 Å². The number of ether oxygens (including phenoxy) is 1. The van der Waals surface area contributed by atoms with E-state index in [1.165, 1.54) is 19.3 Å². The summed E-state index contributed by atoms with van der Waals surface area (Å²) in [6, 6.07) is 10.0. The highest BCUT2D eigenvalue weighted by Crippen LogP contribution is 2.42. The first-order valence-corrected chi connectivity index (χ1v) is 13.5. The lowest BCUT2D eigenvalue weighted by Gasteiger charge is -2.39. The summed E-state index contributed by atoms with van der Waals surface area (Å²) in [7, 11) is 0. The average Bonchev–Trinajstić information content (AvgIpc) is 3.22. The molecule has 0 radical (unpaired) electrons. The standard InChI is InChI=1S/C30H41ClN2O2.ClH/c1-6-9-10-14-19-32-25(21-29(4,5)7-2)30(31)18-17-23-24(20-30)26(22-15-12-11-13-16-22)33-27(23)28(34)35-8-3;/h11-13,15-18,20,25,32H,6-10,14,19,21H2,1-5H3;1H. The molecule has 0 bridgehead atoms. The largest absolute Gasteiger partial charge is 0.461 e. The Balaban J connectivity index is 0.00000456. The average molecular weight is 534 g/mol. The maximum atomic E-state index is 12.7. The van der Waals surface area contributed by atoms with Gasteiger partial charge in [0.05, 0.1) is 17.2 Å². The Morgan fingerprint density at radius 3 is 2.50 bits per heavy atom. The molecule has 1 aliphatic carbocycles. The number of aliphatic imine (C=N–C) groups is 1. The van der Waals surface area contributed by atoms with Gasteiger partial charge in [-0.05, 0) is 37.8 Å². The second-order valence-corrected chi connectivity index (χ2v) is 11.0. The summed E-state index contributed by atoms with van der Waals surface area (Å²) in [4.78, 5) is 16.8. The Kier molecular flexibility index (Phi) is 11.5. The Bertz CT molecular complexity index is 1010. The second-order valence-electron chi connectivity index (χ2n) is 10.3. The number of rotatable bonds is 13. The van der Waals surface area contributed by atoms with Crippen LogP contribution in [0.5, 0.6) is 0 Å². The molecule has 0 fully saturated rings. The summed E-state index contributed by atoms with van der Waals surface area (Å²) in [5.74, 6) is -0.399. The van der Waals surface area contributed by atoms with Gasteiger partial charge >= 0.3 is 5.97 Å². The van der Waals surface area contributed by atoms with E-state index in [-0.39, 0.29) is 23.9 Å². The van der Waals surface area contributed by atoms with Gasteiger partial charge in [-0.25, -0.2) is 9.79 Å². The van der Waals surface area contributed by atoms with Gasteiger partial charge in [-0.15, -0.1) is 24.0 Å². The van der Waals surface area contributed by atoms with Crippen LogP contribution in [0.25, 0.3) is 0 Å². The third-order valence-electron chi connectivity index (χ3n) is 7.08. The normalized spacial score (nSPS) is 19.8. The topological polar surface area (TPSA) is 50.7 Å². The molecule has 6 heteroatoms. The van der Waals surface area contributed by atoms with Crippen LogP contribution in [0.15, 0.2) is 70.4 Å². The van der Waals surface area contributed by atoms with E-state index in [0.29, 0.717) is 12.3 Å². The fourth-order valence-electron chi connectivity index (χ4n) is 4.58. The van der Waals surface area contributed by atoms with E-state index in [1.807, 2.05) is 49.4 Å². The quantitative estimate of drug-likeness (QED) is 0.162. The first-order valence-electron chi connectivity index (χ1n) is 13.1. The molecule has 1 heterocycles. The summed E-state index contributed by atoms with van der Waals surface area (Å²) in [6.45, 7) is 12.1. The number of esters is 1. The van der Waals surface area contributed by atoms with Crippen LogP contribution in [0.1, 0.15) is 78.7 Å². The second kappa shape index (κ2) is 13.6. The number of nitrogens with one attached hydrogen (secondary N) is 1. The Labute approximate surface area is 228 Å². The number of allylic oxidation sites excluding steroid dienone is 3. The summed E-state index contributed by atoms with van der Waals surface area (Å²) in [6.07, 6.45) is 13.0. The first-order chi connectivity index (χ1) is 16.7. The number of hydrogen-bond donors (Lipinski definition) is 1. The van der Waals surface area contributed by atoms with Crippen LogP contribution < -0.4 is 5.32 Å². The number of halogens is 2. The van der Waals surface area contributed by atoms with Gasteiger partial charge in [0.25, 0.3) is 0 Å². The van der Waals surface area contributed by atoms with E-state index in [0.717, 1.165) is 48.2 Å². The van der Waals surface area contributed by atoms with Crippen molar-refractivity contribution in [3.05, 3.63) is 71.0 Å². The maximum Gasteiger partial charge on any atom is 0.357 e. The number of unbranched alkanes of at least 4 members (excludes halogenated alkanes) is 3. The highest BCUT2D eigenvalue weighted by molar-refractivity contribution is 6.30. The smallest absolute Gasteiger partial charge is 0.357 e. The molecule has 2 atom stereocenters. The van der Waals surface area contributed by atoms with E-state index < -0.39 is 10.8 Å². The molecule has 0 saturated carbocycles. The molecule has 2 aliphatic rings. The fraction of sp³-hybridized carbons (Fsp3) is 0.533. The Morgan fingerprint density at radius 1 is 1.14 bits per heavy atom. The number of benzene rings is 1. The van der Waals surface area contributed by atoms with Gasteiger partial charge < -0.3 is 10.1 Å². The number of nitrogens with zero attached hydrogens (tertiary/aromatic N) is 1. The summed E-state index contributed by atoms with van der Waals surface area (Å²) < 4.78 is 5.31. The van der Waals surface area contributed by atoms with Gasteiger partial charge in [-0.3, -0.25) is 0 Å². The van der Waals surface area contributed by atoms with Crippen molar-refractivity contribution < 1.29 is 9.53 Å². The number of fused-ring (bicyclic) bond motifs is 1. The SMILES string of the molecule is CCCCCCNC(CC(C)(C)CC)C1(Cl)C=CC2=C(C(=O)OCC)N=C(c3ccccc3)C2=C1.Cl. The predicted octanol–water partition coefficient (Wildman–Crippen LogP) is 7.57. The molecule has 4 nitrogen and oxygen atoms in total. The zero-order valence-electron chi connectivity index (χ0n) is 22.4. The highest BCUT2D eigenvalue weighted by Gasteiger charge is 2.41. The lowest BCUT2D eigenvalue weighted by molar-refractivity contribution is -0.138. The molecule has 3 rings (SSSR count). The van der Waals surface area contributed by atoms with Crippen molar-refractivity contribution in [1.82, 2.24) is 5.32 Å². The van der Waals surface area contributed by atoms with Gasteiger partial charge in [-0.1, -0.05) is 95.9 Å². The minimum absolute atomic E-state index is 0. The number of carbonyl (C=O) groups excluding carboxylic acids is 1. The molecule has 1 aliphatic heterocycles. The monoisotopic (exact) mass is 532 g/mol. The highest BCUT2D eigenvalue weighted by atomic mass is 35.5. The van der Waals surface area contributed by atoms with Gasteiger partial charge in [0.15, 0.2) is 5.70 Å². The van der Waals surface area contributed by atoms with E-state index >= 15 is 0 Å². The zero-order chi connectivity index (χ0) is 25.5. The summed E-state index contributed by atoms with van der Waals surface area (Å²) in [5.41, 5.74) is 3.93. The van der Waals surface area contributed by atoms with Gasteiger partial charge in [-0.2, -0.15) is 0 Å². The number of hydrogen-bond acceptors (Lipinski definition) is 4. The molecule has 1 N–H and O–H groups in total. The number of carbonyl (C=O) groups is 1. The molecule has 36 heavy (non-hydrogen) atoms. The fourth-order valence-corrected chi connectivity index (χ4v) is 4.91. The van der Waals surface area contributed by atoms with E-state index in [9.17, 15) is 4.79 Å². The molecule has 0 amide bonds. The molecule has 1 aromatic carbocycles. The summed E-state index contributed by atoms with van der Waals surface area (Å²) >= 11 is 7.43. The molecular weight excluding hydrogens is 491 g/mol. The van der Waals surface area contributed by atoms with Crippen LogP contribution in [-0.2, 0) is 9.53 Å². The van der Waals surface area contributed by atoms with Crippen molar-refractivity contribution in [1.29, 1.82) is 0 Å². The van der Waals surface area contributed by atoms with Crippen molar-refractivity contribution in [2.24, 2.45) is 10.4 Å². The molecule has 1 aromatic rings. The van der Waals surface area contributed by atoms with Crippen LogP contribution in [0.3, 0.4) is 0 Å². The van der Waals surface area contributed by atoms with Gasteiger partial charge in [0.1, 0.15) is 0 Å². The van der Waals surface area contributed by atoms with E-state index in [2.05, 4.69) is 39.1 Å². The third-order valence-corrected chi connectivity index (χ3v) is 7.58. The lowest BCUT2D eigenvalue weighted by atomic mass is 9.76. The van der Waals surface area contributed by atoms with E-state index in [4.69, 9.17) is 21.3 Å². The molecule has 2 unspecified atom stereocenters. The molecule has 0 saturated heterocycles. The third kappa shape index (κ3) is 7.34. The van der Waals surface area contributed by atoms with Crippen molar-refractivity contribution >= 4 is 35.7 Å². The minimum Gasteiger partial charge on any atom is -0.461 e. The van der Waals surface area contributed by atoms with Crippen LogP contribution in [0, 0.1) is 5.41 Å². The predicted molar refractivity (Wildman–Crippen MR) is 154 cm³/mol. The van der Waals surface area contributed by atoms with E-state index in [1.54, 1.807) is 0 Å². The molecular formula is C30H42Cl2N2O2. The van der Waals surface area contributed by atoms with Crippen molar-refractivity contribution in [2.75, 3.05) is 13.2 Å². The Hall–Kier alpha value is -1.88. The summed E-state index contributed by atoms with van der Waals surface area (Å²) in [5, 5.41) is 3.79. The Morgan fingerprint density at radius 2 is 1.86 bits per heavy atom. The van der Waals surface area contributed by atoms with Crippen LogP contribution in [0.2, 0.25) is 0 Å². The van der Waals surface area contributed by atoms with Crippen LogP contribution in [0.4, 0.5) is 0 Å². The van der Waals surface area contributed by atoms with Gasteiger partial charge in [0.2, 0.25) is 0 Å². The van der Waals surface area contributed by atoms with Crippen LogP contribution >= 0.6 is 24.0 Å². The molecule has 0 spiro atoms. The van der Waals surface area contributed by atoms with Crippen molar-refractivity contribution in [3.8, 4) is 0 Å². The maximum absolute atomic E-state index is 12.7. The number of alkyl halides is 1. The minimum atomic E-state index is -0.726. The molecule has 198 valence electrons.